The Labute approximate surface area is 167 Å². The van der Waals surface area contributed by atoms with Gasteiger partial charge in [-0.2, -0.15) is 0 Å². The van der Waals surface area contributed by atoms with E-state index in [4.69, 9.17) is 10.2 Å². The number of carboxylic acids is 2. The van der Waals surface area contributed by atoms with Crippen LogP contribution < -0.4 is 0 Å². The van der Waals surface area contributed by atoms with E-state index in [-0.39, 0.29) is 25.1 Å². The quantitative estimate of drug-likeness (QED) is 0.192. The van der Waals surface area contributed by atoms with E-state index in [0.717, 1.165) is 12.8 Å². The zero-order chi connectivity index (χ0) is 18.6. The van der Waals surface area contributed by atoms with Crippen LogP contribution in [-0.2, 0) is 29.1 Å². The van der Waals surface area contributed by atoms with Crippen LogP contribution in [0.1, 0.15) is 104 Å². The normalized spacial score (nSPS) is 9.52. The average molecular weight is 408 g/mol. The molecule has 0 spiro atoms. The minimum absolute atomic E-state index is 0. The van der Waals surface area contributed by atoms with Gasteiger partial charge in [0.15, 0.2) is 0 Å². The third-order valence-corrected chi connectivity index (χ3v) is 3.86. The molecule has 0 amide bonds. The molecule has 0 fully saturated rings. The van der Waals surface area contributed by atoms with Crippen molar-refractivity contribution in [3.05, 3.63) is 12.2 Å². The maximum Gasteiger partial charge on any atom is 0.330 e. The molecule has 0 bridgehead atoms. The van der Waals surface area contributed by atoms with Crippen molar-refractivity contribution in [3.63, 3.8) is 0 Å². The third kappa shape index (κ3) is 31.6. The SMILES string of the molecule is C=C(C)C(=O)O.CCCCCCCCCCCCCCCC(=O)O.[Zn]. The van der Waals surface area contributed by atoms with Gasteiger partial charge in [-0.25, -0.2) is 4.79 Å². The summed E-state index contributed by atoms with van der Waals surface area (Å²) in [6.07, 6.45) is 17.3. The summed E-state index contributed by atoms with van der Waals surface area (Å²) in [7, 11) is 0. The molecule has 5 heteroatoms. The molecule has 4 nitrogen and oxygen atoms in total. The first-order chi connectivity index (χ1) is 11.4. The predicted octanol–water partition coefficient (Wildman–Crippen LogP) is 6.20. The molecule has 0 aliphatic rings. The number of unbranched alkanes of at least 4 members (excludes halogenated alkanes) is 12. The second-order valence-electron chi connectivity index (χ2n) is 6.47. The topological polar surface area (TPSA) is 74.6 Å². The van der Waals surface area contributed by atoms with Gasteiger partial charge < -0.3 is 10.2 Å². The molecular weight excluding hydrogens is 370 g/mol. The first kappa shape index (κ1) is 29.1. The first-order valence-corrected chi connectivity index (χ1v) is 9.52. The minimum Gasteiger partial charge on any atom is -0.481 e. The zero-order valence-corrected chi connectivity index (χ0v) is 19.5. The van der Waals surface area contributed by atoms with Gasteiger partial charge in [-0.05, 0) is 13.3 Å². The van der Waals surface area contributed by atoms with Crippen molar-refractivity contribution < 1.29 is 39.3 Å². The Morgan fingerprint density at radius 3 is 1.24 bits per heavy atom. The molecule has 0 aromatic rings. The molecule has 25 heavy (non-hydrogen) atoms. The summed E-state index contributed by atoms with van der Waals surface area (Å²) in [4.78, 5) is 19.9. The Bertz CT molecular complexity index is 318. The summed E-state index contributed by atoms with van der Waals surface area (Å²) >= 11 is 0. The van der Waals surface area contributed by atoms with Gasteiger partial charge >= 0.3 is 11.9 Å². The van der Waals surface area contributed by atoms with Crippen LogP contribution in [0.25, 0.3) is 0 Å². The fourth-order valence-electron chi connectivity index (χ4n) is 2.29. The Morgan fingerprint density at radius 1 is 0.720 bits per heavy atom. The maximum atomic E-state index is 10.3. The van der Waals surface area contributed by atoms with Gasteiger partial charge in [-0.1, -0.05) is 90.6 Å². The van der Waals surface area contributed by atoms with Crippen molar-refractivity contribution in [2.24, 2.45) is 0 Å². The Balaban J connectivity index is -0.000000592. The fraction of sp³-hybridized carbons (Fsp3) is 0.800. The maximum absolute atomic E-state index is 10.3. The molecule has 0 aromatic carbocycles. The van der Waals surface area contributed by atoms with Gasteiger partial charge in [0.25, 0.3) is 0 Å². The minimum atomic E-state index is -0.935. The number of carboxylic acid groups (broad SMARTS) is 2. The van der Waals surface area contributed by atoms with Crippen LogP contribution in [0.3, 0.4) is 0 Å². The van der Waals surface area contributed by atoms with E-state index in [1.54, 1.807) is 0 Å². The summed E-state index contributed by atoms with van der Waals surface area (Å²) < 4.78 is 0. The molecular formula is C20H38O4Zn. The van der Waals surface area contributed by atoms with Crippen LogP contribution in [0.5, 0.6) is 0 Å². The van der Waals surface area contributed by atoms with Crippen molar-refractivity contribution in [3.8, 4) is 0 Å². The third-order valence-electron chi connectivity index (χ3n) is 3.86. The summed E-state index contributed by atoms with van der Waals surface area (Å²) in [6.45, 7) is 6.86. The van der Waals surface area contributed by atoms with Gasteiger partial charge in [0.05, 0.1) is 0 Å². The molecule has 0 aliphatic heterocycles. The number of carbonyl (C=O) groups is 2. The molecule has 0 aliphatic carbocycles. The molecule has 0 atom stereocenters. The van der Waals surface area contributed by atoms with Crippen LogP contribution in [0, 0.1) is 0 Å². The molecule has 0 unspecified atom stereocenters. The van der Waals surface area contributed by atoms with Crippen LogP contribution >= 0.6 is 0 Å². The van der Waals surface area contributed by atoms with E-state index in [9.17, 15) is 9.59 Å². The molecule has 144 valence electrons. The van der Waals surface area contributed by atoms with Crippen LogP contribution in [0.4, 0.5) is 0 Å². The summed E-state index contributed by atoms with van der Waals surface area (Å²) in [5.74, 6) is -1.59. The van der Waals surface area contributed by atoms with Crippen LogP contribution in [0.2, 0.25) is 0 Å². The number of hydrogen-bond donors (Lipinski definition) is 2. The molecule has 0 aromatic heterocycles. The molecule has 0 saturated carbocycles. The van der Waals surface area contributed by atoms with E-state index >= 15 is 0 Å². The van der Waals surface area contributed by atoms with E-state index < -0.39 is 11.9 Å². The number of aliphatic carboxylic acids is 2. The predicted molar refractivity (Wildman–Crippen MR) is 100 cm³/mol. The summed E-state index contributed by atoms with van der Waals surface area (Å²) in [5.41, 5.74) is 0.176. The van der Waals surface area contributed by atoms with Crippen molar-refractivity contribution in [2.75, 3.05) is 0 Å². The second-order valence-corrected chi connectivity index (χ2v) is 6.47. The van der Waals surface area contributed by atoms with E-state index in [0.29, 0.717) is 6.42 Å². The van der Waals surface area contributed by atoms with Crippen molar-refractivity contribution in [2.45, 2.75) is 104 Å². The summed E-state index contributed by atoms with van der Waals surface area (Å²) in [6, 6.07) is 0. The van der Waals surface area contributed by atoms with Crippen LogP contribution in [-0.4, -0.2) is 22.2 Å². The Hall–Kier alpha value is -0.697. The smallest absolute Gasteiger partial charge is 0.330 e. The molecule has 2 N–H and O–H groups in total. The molecule has 0 saturated heterocycles. The largest absolute Gasteiger partial charge is 0.481 e. The monoisotopic (exact) mass is 406 g/mol. The van der Waals surface area contributed by atoms with Crippen LogP contribution in [0.15, 0.2) is 12.2 Å². The second kappa shape index (κ2) is 23.3. The van der Waals surface area contributed by atoms with E-state index in [2.05, 4.69) is 13.5 Å². The Kier molecular flexibility index (Phi) is 27.1. The van der Waals surface area contributed by atoms with E-state index in [1.807, 2.05) is 0 Å². The Morgan fingerprint density at radius 2 is 1.00 bits per heavy atom. The van der Waals surface area contributed by atoms with Crippen molar-refractivity contribution in [1.82, 2.24) is 0 Å². The molecule has 0 radical (unpaired) electrons. The van der Waals surface area contributed by atoms with Crippen molar-refractivity contribution in [1.29, 1.82) is 0 Å². The molecule has 0 heterocycles. The van der Waals surface area contributed by atoms with Gasteiger partial charge in [-0.15, -0.1) is 0 Å². The molecule has 0 rings (SSSR count). The standard InChI is InChI=1S/C16H32O2.C4H6O2.Zn/c1-2-3-4-5-6-7-8-9-10-11-12-13-14-15-16(17)18;1-3(2)4(5)6;/h2-15H2,1H3,(H,17,18);1H2,2H3,(H,5,6);. The number of rotatable bonds is 15. The summed E-state index contributed by atoms with van der Waals surface area (Å²) in [5, 5.41) is 16.4. The zero-order valence-electron chi connectivity index (χ0n) is 16.5. The average Bonchev–Trinajstić information content (AvgIpc) is 2.52. The van der Waals surface area contributed by atoms with Gasteiger partial charge in [-0.3, -0.25) is 4.79 Å². The van der Waals surface area contributed by atoms with E-state index in [1.165, 1.54) is 77.6 Å². The van der Waals surface area contributed by atoms with Gasteiger partial charge in [0, 0.05) is 31.5 Å². The van der Waals surface area contributed by atoms with Gasteiger partial charge in [0.2, 0.25) is 0 Å². The van der Waals surface area contributed by atoms with Crippen molar-refractivity contribution >= 4 is 11.9 Å². The fourth-order valence-corrected chi connectivity index (χ4v) is 2.29. The van der Waals surface area contributed by atoms with Gasteiger partial charge in [0.1, 0.15) is 0 Å². The number of hydrogen-bond acceptors (Lipinski definition) is 2. The first-order valence-electron chi connectivity index (χ1n) is 9.52.